The molecule has 0 aliphatic carbocycles. The summed E-state index contributed by atoms with van der Waals surface area (Å²) < 4.78 is 65.1. The Labute approximate surface area is 595 Å². The number of para-hydroxylation sites is 1. The minimum Gasteiger partial charge on any atom is -0.463 e. The Balaban J connectivity index is 1.30. The van der Waals surface area contributed by atoms with Crippen LogP contribution in [0.1, 0.15) is 77.5 Å². The largest absolute Gasteiger partial charge is 0.463 e. The quantitative estimate of drug-likeness (QED) is 0.00875. The fourth-order valence-corrected chi connectivity index (χ4v) is 12.0. The number of aromatic nitrogens is 1. The van der Waals surface area contributed by atoms with Crippen LogP contribution in [-0.4, -0.2) is 213 Å². The van der Waals surface area contributed by atoms with E-state index in [9.17, 15) is 80.1 Å². The second-order valence-corrected chi connectivity index (χ2v) is 30.2. The summed E-state index contributed by atoms with van der Waals surface area (Å²) >= 11 is 0.949. The van der Waals surface area contributed by atoms with E-state index >= 15 is 0 Å². The van der Waals surface area contributed by atoms with Crippen molar-refractivity contribution in [2.24, 2.45) is 10.2 Å². The van der Waals surface area contributed by atoms with Gasteiger partial charge < -0.3 is 82.4 Å². The number of nitrogens with one attached hydrogen (secondary N) is 10. The number of carbonyl (C=O) groups excluding carboxylic acids is 10. The number of hydrogen-bond acceptors (Lipinski definition) is 23. The van der Waals surface area contributed by atoms with Crippen molar-refractivity contribution in [3.05, 3.63) is 132 Å². The zero-order valence-electron chi connectivity index (χ0n) is 57.5. The maximum absolute atomic E-state index is 14.6. The molecular formula is C67H90N12O20S3. The lowest BCUT2D eigenvalue weighted by molar-refractivity contribution is -0.147. The number of aliphatic hydroxyl groups is 3. The molecule has 556 valence electrons. The first-order valence-corrected chi connectivity index (χ1v) is 37.4. The van der Waals surface area contributed by atoms with Crippen molar-refractivity contribution in [3.8, 4) is 0 Å². The molecule has 0 saturated carbocycles. The van der Waals surface area contributed by atoms with Gasteiger partial charge in [-0.25, -0.2) is 31.2 Å². The summed E-state index contributed by atoms with van der Waals surface area (Å²) in [5.74, 6) is -10.1. The molecule has 1 aromatic heterocycles. The van der Waals surface area contributed by atoms with E-state index < -0.39 is 176 Å². The van der Waals surface area contributed by atoms with E-state index in [-0.39, 0.29) is 50.3 Å². The van der Waals surface area contributed by atoms with Crippen LogP contribution in [0.2, 0.25) is 0 Å². The molecule has 5 aromatic rings. The van der Waals surface area contributed by atoms with E-state index in [1.807, 2.05) is 6.07 Å². The number of benzene rings is 4. The normalized spacial score (nSPS) is 14.3. The van der Waals surface area contributed by atoms with Crippen molar-refractivity contribution in [1.29, 1.82) is 0 Å². The molecule has 0 unspecified atom stereocenters. The zero-order chi connectivity index (χ0) is 75.2. The average molecular weight is 1480 g/mol. The highest BCUT2D eigenvalue weighted by molar-refractivity contribution is 7.99. The molecule has 0 aliphatic heterocycles. The minimum absolute atomic E-state index is 0.0486. The van der Waals surface area contributed by atoms with E-state index in [0.29, 0.717) is 28.1 Å². The predicted octanol–water partition coefficient (Wildman–Crippen LogP) is 1.85. The minimum atomic E-state index is -3.90. The fraction of sp³-hybridized carbons (Fsp3) is 0.463. The first-order chi connectivity index (χ1) is 48.2. The summed E-state index contributed by atoms with van der Waals surface area (Å²) in [5.41, 5.74) is 2.23. The molecule has 4 aromatic carbocycles. The van der Waals surface area contributed by atoms with Crippen LogP contribution in [0, 0.1) is 0 Å². The summed E-state index contributed by atoms with van der Waals surface area (Å²) in [6, 6.07) is 18.5. The Morgan fingerprint density at radius 2 is 1.10 bits per heavy atom. The molecule has 0 radical (unpaired) electrons. The summed E-state index contributed by atoms with van der Waals surface area (Å²) in [4.78, 5) is 140. The molecule has 0 bridgehead atoms. The van der Waals surface area contributed by atoms with Gasteiger partial charge in [0.1, 0.15) is 61.1 Å². The number of thioether (sulfide) groups is 1. The number of aliphatic hydroxyl groups excluding tert-OH is 3. The van der Waals surface area contributed by atoms with Gasteiger partial charge >= 0.3 is 18.2 Å². The summed E-state index contributed by atoms with van der Waals surface area (Å²) in [5, 5.41) is 63.7. The molecule has 0 spiro atoms. The number of fused-ring (bicyclic) bond motifs is 1. The molecule has 5 rings (SSSR count). The molecule has 0 fully saturated rings. The highest BCUT2D eigenvalue weighted by atomic mass is 32.2. The fourth-order valence-electron chi connectivity index (χ4n) is 9.55. The number of alkyl carbamates (subject to hydrolysis) is 2. The average Bonchev–Trinajstić information content (AvgIpc) is 1.64. The van der Waals surface area contributed by atoms with Crippen molar-refractivity contribution in [1.82, 2.24) is 52.8 Å². The van der Waals surface area contributed by atoms with Crippen LogP contribution >= 0.6 is 11.8 Å². The Hall–Kier alpha value is -9.55. The van der Waals surface area contributed by atoms with Crippen LogP contribution in [0.5, 0.6) is 0 Å². The standard InChI is InChI=1S/C67H90N12O20S3/c1-41(81)56(76-58(84)51(24-16-17-29-68-65(91)98-30-32-101(7,93)94)71-59(85)53(75-66(92)99-67(4,5)6)35-46-36-69-50-23-15-14-22-49(46)50)62(88)72-52(34-44-18-10-8-11-19-44)60(86)77-57(42(2)82)63(89)73-54(37-80)61(87)74-55(38-100-40-70-43(3)83)64(90)97-31-33-102(95,96)39-45-25-27-48(28-26-45)79-78-47-20-12-9-13-21-47/h8-15,18-23,25-28,36,41-42,51-57,69,80-82H,16-17,24,29-35,37-40H2,1-7H3,(H,68,91)(H,70,83)(H,71,85)(H,72,88)(H,73,89)(H,74,87)(H,75,92)(H,76,84)(H,77,86)/t41-,42-,51+,52+,53+,54+,55+,56+,57+/m1/s1. The Morgan fingerprint density at radius 1 is 0.569 bits per heavy atom. The Kier molecular flexibility index (Phi) is 33.2. The highest BCUT2D eigenvalue weighted by Gasteiger charge is 2.37. The number of H-pyrrole nitrogens is 1. The smallest absolute Gasteiger partial charge is 0.408 e. The van der Waals surface area contributed by atoms with Gasteiger partial charge in [-0.15, -0.1) is 11.8 Å². The van der Waals surface area contributed by atoms with E-state index in [1.54, 1.807) is 130 Å². The number of rotatable bonds is 40. The topological polar surface area (TPSA) is 476 Å². The number of carbonyl (C=O) groups is 10. The van der Waals surface area contributed by atoms with Crippen LogP contribution in [0.4, 0.5) is 21.0 Å². The monoisotopic (exact) mass is 1480 g/mol. The third-order valence-corrected chi connectivity index (χ3v) is 18.2. The molecule has 9 amide bonds. The number of ether oxygens (including phenoxy) is 3. The van der Waals surface area contributed by atoms with Crippen molar-refractivity contribution < 1.29 is 94.3 Å². The number of unbranched alkanes of at least 4 members (excludes halogenated alkanes) is 1. The van der Waals surface area contributed by atoms with E-state index in [0.717, 1.165) is 42.8 Å². The first-order valence-electron chi connectivity index (χ1n) is 32.4. The Bertz CT molecular complexity index is 3900. The molecule has 0 aliphatic rings. The van der Waals surface area contributed by atoms with Gasteiger partial charge in [0.05, 0.1) is 53.3 Å². The first kappa shape index (κ1) is 83.1. The van der Waals surface area contributed by atoms with Gasteiger partial charge in [0.15, 0.2) is 19.7 Å². The van der Waals surface area contributed by atoms with Crippen molar-refractivity contribution >= 4 is 113 Å². The molecule has 32 nitrogen and oxygen atoms in total. The Morgan fingerprint density at radius 3 is 1.70 bits per heavy atom. The third-order valence-electron chi connectivity index (χ3n) is 14.8. The molecular weight excluding hydrogens is 1390 g/mol. The van der Waals surface area contributed by atoms with Crippen molar-refractivity contribution in [3.63, 3.8) is 0 Å². The van der Waals surface area contributed by atoms with Crippen LogP contribution in [0.3, 0.4) is 0 Å². The number of amides is 9. The maximum atomic E-state index is 14.6. The van der Waals surface area contributed by atoms with Crippen molar-refractivity contribution in [2.45, 2.75) is 140 Å². The number of aromatic amines is 1. The van der Waals surface area contributed by atoms with Gasteiger partial charge in [-0.3, -0.25) is 33.6 Å². The molecule has 35 heteroatoms. The molecule has 1 heterocycles. The summed E-state index contributed by atoms with van der Waals surface area (Å²) in [6.07, 6.45) is -3.20. The lowest BCUT2D eigenvalue weighted by Gasteiger charge is -2.29. The summed E-state index contributed by atoms with van der Waals surface area (Å²) in [6.45, 7) is 6.07. The van der Waals surface area contributed by atoms with Crippen LogP contribution in [-0.2, 0) is 90.8 Å². The zero-order valence-corrected chi connectivity index (χ0v) is 59.9. The van der Waals surface area contributed by atoms with Crippen LogP contribution in [0.15, 0.2) is 126 Å². The third kappa shape index (κ3) is 30.3. The predicted molar refractivity (Wildman–Crippen MR) is 377 cm³/mol. The van der Waals surface area contributed by atoms with Gasteiger partial charge in [0.2, 0.25) is 41.4 Å². The van der Waals surface area contributed by atoms with E-state index in [1.165, 1.54) is 6.92 Å². The van der Waals surface area contributed by atoms with E-state index in [2.05, 4.69) is 63.1 Å². The molecule has 0 saturated heterocycles. The second kappa shape index (κ2) is 40.8. The lowest BCUT2D eigenvalue weighted by Crippen LogP contribution is -2.63. The lowest BCUT2D eigenvalue weighted by atomic mass is 10.0. The van der Waals surface area contributed by atoms with Crippen molar-refractivity contribution in [2.75, 3.05) is 55.8 Å². The van der Waals surface area contributed by atoms with Crippen LogP contribution < -0.4 is 47.9 Å². The molecule has 13 N–H and O–H groups in total. The maximum Gasteiger partial charge on any atom is 0.408 e. The number of hydrogen-bond donors (Lipinski definition) is 13. The van der Waals surface area contributed by atoms with Gasteiger partial charge in [0, 0.05) is 55.4 Å². The molecule has 9 atom stereocenters. The highest BCUT2D eigenvalue weighted by Crippen LogP contribution is 2.22. The van der Waals surface area contributed by atoms with E-state index in [4.69, 9.17) is 14.2 Å². The van der Waals surface area contributed by atoms with Gasteiger partial charge in [0.25, 0.3) is 0 Å². The summed E-state index contributed by atoms with van der Waals surface area (Å²) in [7, 11) is -7.34. The van der Waals surface area contributed by atoms with Gasteiger partial charge in [-0.2, -0.15) is 10.2 Å². The van der Waals surface area contributed by atoms with Crippen LogP contribution in [0.25, 0.3) is 10.9 Å². The molecule has 102 heavy (non-hydrogen) atoms. The number of sulfone groups is 2. The van der Waals surface area contributed by atoms with Gasteiger partial charge in [-0.05, 0) is 101 Å². The second-order valence-electron chi connectivity index (χ2n) is 24.7. The SMILES string of the molecule is CC(=O)NCSC[C@H](NC(=O)[C@H](CO)NC(=O)[C@@H](NC(=O)[C@H](Cc1ccccc1)NC(=O)[C@@H](NC(=O)[C@H](CCCCNC(=O)OCCS(C)(=O)=O)NC(=O)[C@H](Cc1c[nH]c2ccccc12)NC(=O)OC(C)(C)C)[C@@H](C)O)[C@@H](C)O)C(=O)OCCS(=O)(=O)Cc1ccc(N=Nc2ccccc2)cc1. The number of esters is 1. The number of azo groups is 1. The van der Waals surface area contributed by atoms with Gasteiger partial charge in [-0.1, -0.05) is 78.9 Å². The number of nitrogens with zero attached hydrogens (tertiary/aromatic N) is 2.